The van der Waals surface area contributed by atoms with E-state index >= 15 is 0 Å². The largest absolute Gasteiger partial charge is 0.461 e. The fourth-order valence-corrected chi connectivity index (χ4v) is 1.50. The van der Waals surface area contributed by atoms with Gasteiger partial charge in [-0.25, -0.2) is 9.59 Å². The number of allylic oxidation sites excluding steroid dienone is 1. The second kappa shape index (κ2) is 9.57. The first-order chi connectivity index (χ1) is 10.6. The van der Waals surface area contributed by atoms with Crippen molar-refractivity contribution in [1.29, 1.82) is 0 Å². The molecule has 0 unspecified atom stereocenters. The van der Waals surface area contributed by atoms with Crippen molar-refractivity contribution >= 4 is 34.4 Å². The van der Waals surface area contributed by atoms with Gasteiger partial charge in [0.15, 0.2) is 0 Å². The molecule has 7 heteroatoms. The van der Waals surface area contributed by atoms with Crippen LogP contribution < -0.4 is 5.43 Å². The van der Waals surface area contributed by atoms with E-state index in [1.165, 1.54) is 0 Å². The van der Waals surface area contributed by atoms with E-state index in [0.717, 1.165) is 0 Å². The number of ether oxygens (including phenoxy) is 2. The molecule has 0 aliphatic heterocycles. The fraction of sp³-hybridized carbons (Fsp3) is 0.267. The molecule has 0 aromatic heterocycles. The van der Waals surface area contributed by atoms with Crippen molar-refractivity contribution in [2.75, 3.05) is 18.6 Å². The van der Waals surface area contributed by atoms with Crippen molar-refractivity contribution in [2.24, 2.45) is 5.10 Å². The highest BCUT2D eigenvalue weighted by Gasteiger charge is 2.13. The minimum Gasteiger partial charge on any atom is -0.461 e. The molecule has 22 heavy (non-hydrogen) atoms. The number of hydrazone groups is 1. The van der Waals surface area contributed by atoms with E-state index in [1.54, 1.807) is 43.3 Å². The van der Waals surface area contributed by atoms with Crippen LogP contribution in [0.2, 0.25) is 0 Å². The standard InChI is InChI=1S/C15H17ClN2O4/c1-3-5-10-22-14(19)11-8-6-7-9-12(11)17-18-13(16)15(20)21-4-2/h3,5-9,17H,4,10H2,1-2H3/b5-3+,18-13+. The third-order valence-electron chi connectivity index (χ3n) is 2.41. The minimum atomic E-state index is -0.746. The Morgan fingerprint density at radius 1 is 1.32 bits per heavy atom. The van der Waals surface area contributed by atoms with E-state index < -0.39 is 11.9 Å². The number of nitrogens with one attached hydrogen (secondary N) is 1. The van der Waals surface area contributed by atoms with E-state index in [1.807, 2.05) is 6.92 Å². The summed E-state index contributed by atoms with van der Waals surface area (Å²) in [4.78, 5) is 23.3. The normalized spacial score (nSPS) is 11.3. The molecular weight excluding hydrogens is 308 g/mol. The van der Waals surface area contributed by atoms with Gasteiger partial charge in [-0.05, 0) is 26.0 Å². The van der Waals surface area contributed by atoms with Crippen molar-refractivity contribution in [3.05, 3.63) is 42.0 Å². The Morgan fingerprint density at radius 2 is 2.05 bits per heavy atom. The first-order valence-electron chi connectivity index (χ1n) is 6.63. The number of benzene rings is 1. The van der Waals surface area contributed by atoms with E-state index in [9.17, 15) is 9.59 Å². The zero-order valence-corrected chi connectivity index (χ0v) is 13.1. The summed E-state index contributed by atoms with van der Waals surface area (Å²) in [6, 6.07) is 6.59. The third kappa shape index (κ3) is 5.57. The van der Waals surface area contributed by atoms with Crippen molar-refractivity contribution in [1.82, 2.24) is 0 Å². The molecule has 0 spiro atoms. The maximum absolute atomic E-state index is 12.0. The summed E-state index contributed by atoms with van der Waals surface area (Å²) < 4.78 is 9.76. The monoisotopic (exact) mass is 324 g/mol. The van der Waals surface area contributed by atoms with Crippen LogP contribution in [0.1, 0.15) is 24.2 Å². The van der Waals surface area contributed by atoms with Crippen molar-refractivity contribution in [3.8, 4) is 0 Å². The fourth-order valence-electron chi connectivity index (χ4n) is 1.40. The molecule has 0 heterocycles. The van der Waals surface area contributed by atoms with Gasteiger partial charge in [-0.2, -0.15) is 5.10 Å². The molecule has 0 saturated heterocycles. The number of hydrogen-bond acceptors (Lipinski definition) is 6. The topological polar surface area (TPSA) is 77.0 Å². The van der Waals surface area contributed by atoms with E-state index in [4.69, 9.17) is 21.1 Å². The van der Waals surface area contributed by atoms with Crippen LogP contribution in [0.3, 0.4) is 0 Å². The molecular formula is C15H17ClN2O4. The number of rotatable bonds is 7. The molecule has 1 aromatic carbocycles. The first kappa shape index (κ1) is 17.7. The van der Waals surface area contributed by atoms with Gasteiger partial charge in [0.1, 0.15) is 6.61 Å². The summed E-state index contributed by atoms with van der Waals surface area (Å²) in [5.41, 5.74) is 3.21. The Kier molecular flexibility index (Phi) is 7.70. The zero-order chi connectivity index (χ0) is 16.4. The van der Waals surface area contributed by atoms with E-state index in [0.29, 0.717) is 5.69 Å². The van der Waals surface area contributed by atoms with Crippen LogP contribution in [0.4, 0.5) is 5.69 Å². The average molecular weight is 325 g/mol. The van der Waals surface area contributed by atoms with Crippen LogP contribution >= 0.6 is 11.6 Å². The number of carbonyl (C=O) groups is 2. The van der Waals surface area contributed by atoms with Crippen LogP contribution in [-0.2, 0) is 14.3 Å². The average Bonchev–Trinajstić information content (AvgIpc) is 2.53. The minimum absolute atomic E-state index is 0.177. The second-order valence-corrected chi connectivity index (χ2v) is 4.31. The molecule has 1 aromatic rings. The summed E-state index contributed by atoms with van der Waals surface area (Å²) in [6.07, 6.45) is 3.49. The van der Waals surface area contributed by atoms with Crippen molar-refractivity contribution in [3.63, 3.8) is 0 Å². The molecule has 118 valence electrons. The predicted octanol–water partition coefficient (Wildman–Crippen LogP) is 2.95. The number of halogens is 1. The highest BCUT2D eigenvalue weighted by atomic mass is 35.5. The first-order valence-corrected chi connectivity index (χ1v) is 7.01. The number of carbonyl (C=O) groups excluding carboxylic acids is 2. The number of nitrogens with zero attached hydrogens (tertiary/aromatic N) is 1. The maximum Gasteiger partial charge on any atom is 0.370 e. The van der Waals surface area contributed by atoms with Gasteiger partial charge >= 0.3 is 11.9 Å². The molecule has 0 atom stereocenters. The van der Waals surface area contributed by atoms with Gasteiger partial charge in [0, 0.05) is 0 Å². The highest BCUT2D eigenvalue weighted by Crippen LogP contribution is 2.16. The number of para-hydroxylation sites is 1. The van der Waals surface area contributed by atoms with Gasteiger partial charge in [-0.3, -0.25) is 5.43 Å². The van der Waals surface area contributed by atoms with Gasteiger partial charge in [-0.15, -0.1) is 0 Å². The summed E-state index contributed by atoms with van der Waals surface area (Å²) in [7, 11) is 0. The van der Waals surface area contributed by atoms with Gasteiger partial charge in [0.25, 0.3) is 0 Å². The molecule has 0 bridgehead atoms. The quantitative estimate of drug-likeness (QED) is 0.361. The van der Waals surface area contributed by atoms with Crippen LogP contribution in [0, 0.1) is 0 Å². The summed E-state index contributed by atoms with van der Waals surface area (Å²) in [6.45, 7) is 3.86. The van der Waals surface area contributed by atoms with Crippen molar-refractivity contribution in [2.45, 2.75) is 13.8 Å². The molecule has 0 fully saturated rings. The smallest absolute Gasteiger partial charge is 0.370 e. The van der Waals surface area contributed by atoms with Crippen LogP contribution in [0.15, 0.2) is 41.5 Å². The molecule has 0 aliphatic carbocycles. The van der Waals surface area contributed by atoms with E-state index in [-0.39, 0.29) is 23.9 Å². The lowest BCUT2D eigenvalue weighted by Gasteiger charge is -2.08. The second-order valence-electron chi connectivity index (χ2n) is 3.95. The molecule has 0 radical (unpaired) electrons. The third-order valence-corrected chi connectivity index (χ3v) is 2.65. The lowest BCUT2D eigenvalue weighted by Crippen LogP contribution is -2.14. The molecule has 1 rings (SSSR count). The highest BCUT2D eigenvalue weighted by molar-refractivity contribution is 6.82. The number of anilines is 1. The Balaban J connectivity index is 2.81. The zero-order valence-electron chi connectivity index (χ0n) is 12.3. The van der Waals surface area contributed by atoms with Crippen molar-refractivity contribution < 1.29 is 19.1 Å². The Morgan fingerprint density at radius 3 is 2.73 bits per heavy atom. The SMILES string of the molecule is C/C=C/COC(=O)c1ccccc1N/N=C(/Cl)C(=O)OCC. The Labute approximate surface area is 133 Å². The summed E-state index contributed by atoms with van der Waals surface area (Å²) in [5, 5.41) is 3.33. The summed E-state index contributed by atoms with van der Waals surface area (Å²) >= 11 is 5.68. The molecule has 0 saturated carbocycles. The Hall–Kier alpha value is -2.34. The van der Waals surface area contributed by atoms with E-state index in [2.05, 4.69) is 10.5 Å². The van der Waals surface area contributed by atoms with Gasteiger partial charge in [0.05, 0.1) is 17.9 Å². The van der Waals surface area contributed by atoms with Crippen LogP contribution in [0.25, 0.3) is 0 Å². The van der Waals surface area contributed by atoms with Gasteiger partial charge < -0.3 is 9.47 Å². The summed E-state index contributed by atoms with van der Waals surface area (Å²) in [5.74, 6) is -1.26. The maximum atomic E-state index is 12.0. The molecule has 1 N–H and O–H groups in total. The van der Waals surface area contributed by atoms with Crippen LogP contribution in [0.5, 0.6) is 0 Å². The lowest BCUT2D eigenvalue weighted by atomic mass is 10.2. The number of esters is 2. The molecule has 6 nitrogen and oxygen atoms in total. The molecule has 0 aliphatic rings. The lowest BCUT2D eigenvalue weighted by molar-refractivity contribution is -0.134. The molecule has 0 amide bonds. The van der Waals surface area contributed by atoms with Crippen LogP contribution in [-0.4, -0.2) is 30.3 Å². The van der Waals surface area contributed by atoms with Gasteiger partial charge in [0.2, 0.25) is 5.17 Å². The Bertz CT molecular complexity index is 585. The number of hydrogen-bond donors (Lipinski definition) is 1. The predicted molar refractivity (Wildman–Crippen MR) is 85.1 cm³/mol. The van der Waals surface area contributed by atoms with Gasteiger partial charge in [-0.1, -0.05) is 35.9 Å².